The van der Waals surface area contributed by atoms with E-state index in [1.165, 1.54) is 0 Å². The summed E-state index contributed by atoms with van der Waals surface area (Å²) in [4.78, 5) is 0. The summed E-state index contributed by atoms with van der Waals surface area (Å²) in [5, 5.41) is 17.3. The van der Waals surface area contributed by atoms with Gasteiger partial charge in [-0.25, -0.2) is 0 Å². The molecule has 0 aliphatic carbocycles. The van der Waals surface area contributed by atoms with Gasteiger partial charge in [0.25, 0.3) is 0 Å². The maximum Gasteiger partial charge on any atom is 0.0831 e. The minimum Gasteiger partial charge on any atom is -0.394 e. The number of aliphatic hydroxyl groups excluding tert-OH is 2. The molecule has 1 atom stereocenters. The predicted molar refractivity (Wildman–Crippen MR) is 83.7 cm³/mol. The quantitative estimate of drug-likeness (QED) is 0.303. The molecule has 1 unspecified atom stereocenters. The molecule has 0 saturated heterocycles. The van der Waals surface area contributed by atoms with Crippen molar-refractivity contribution < 1.29 is 38.6 Å². The third kappa shape index (κ3) is 17.9. The molecule has 0 bridgehead atoms. The fourth-order valence-electron chi connectivity index (χ4n) is 1.61. The minimum atomic E-state index is -0.105. The standard InChI is InChI=1S/C15H32O8/c1-18-8-9-22-14-15(23-7-4-17)2-5-19-10-12-21-13-11-20-6-3-16/h15-17H,2-14H2,1H3. The Morgan fingerprint density at radius 2 is 1.22 bits per heavy atom. The zero-order chi connectivity index (χ0) is 17.0. The Balaban J connectivity index is 3.46. The first-order chi connectivity index (χ1) is 11.3. The topological polar surface area (TPSA) is 95.8 Å². The summed E-state index contributed by atoms with van der Waals surface area (Å²) in [5.74, 6) is 0. The Hall–Kier alpha value is -0.320. The molecule has 23 heavy (non-hydrogen) atoms. The van der Waals surface area contributed by atoms with Crippen molar-refractivity contribution in [2.75, 3.05) is 86.4 Å². The summed E-state index contributed by atoms with van der Waals surface area (Å²) in [6.07, 6.45) is 0.582. The second-order valence-electron chi connectivity index (χ2n) is 4.63. The van der Waals surface area contributed by atoms with Crippen molar-refractivity contribution in [1.29, 1.82) is 0 Å². The molecule has 0 aliphatic rings. The van der Waals surface area contributed by atoms with Crippen LogP contribution in [0.3, 0.4) is 0 Å². The maximum atomic E-state index is 8.81. The molecule has 0 aromatic carbocycles. The van der Waals surface area contributed by atoms with Crippen LogP contribution >= 0.6 is 0 Å². The molecule has 0 aromatic rings. The first kappa shape index (κ1) is 22.7. The second-order valence-corrected chi connectivity index (χ2v) is 4.63. The average Bonchev–Trinajstić information content (AvgIpc) is 2.57. The first-order valence-electron chi connectivity index (χ1n) is 7.98. The molecule has 8 heteroatoms. The molecular weight excluding hydrogens is 308 g/mol. The van der Waals surface area contributed by atoms with Crippen LogP contribution < -0.4 is 0 Å². The van der Waals surface area contributed by atoms with Crippen LogP contribution in [-0.4, -0.2) is 103 Å². The monoisotopic (exact) mass is 340 g/mol. The summed E-state index contributed by atoms with van der Waals surface area (Å²) in [5.41, 5.74) is 0. The summed E-state index contributed by atoms with van der Waals surface area (Å²) < 4.78 is 31.7. The van der Waals surface area contributed by atoms with Crippen molar-refractivity contribution in [3.05, 3.63) is 0 Å². The highest BCUT2D eigenvalue weighted by atomic mass is 16.6. The Bertz CT molecular complexity index is 218. The largest absolute Gasteiger partial charge is 0.394 e. The normalized spacial score (nSPS) is 12.7. The lowest BCUT2D eigenvalue weighted by Gasteiger charge is -2.17. The van der Waals surface area contributed by atoms with Crippen LogP contribution in [0, 0.1) is 0 Å². The van der Waals surface area contributed by atoms with Crippen LogP contribution in [-0.2, 0) is 28.4 Å². The van der Waals surface area contributed by atoms with Gasteiger partial charge < -0.3 is 38.6 Å². The van der Waals surface area contributed by atoms with Gasteiger partial charge in [0.2, 0.25) is 0 Å². The van der Waals surface area contributed by atoms with Gasteiger partial charge >= 0.3 is 0 Å². The average molecular weight is 340 g/mol. The second kappa shape index (κ2) is 19.7. The van der Waals surface area contributed by atoms with E-state index in [2.05, 4.69) is 0 Å². The zero-order valence-corrected chi connectivity index (χ0v) is 14.1. The number of methoxy groups -OCH3 is 1. The number of ether oxygens (including phenoxy) is 6. The summed E-state index contributed by atoms with van der Waals surface area (Å²) >= 11 is 0. The van der Waals surface area contributed by atoms with Gasteiger partial charge in [-0.1, -0.05) is 0 Å². The van der Waals surface area contributed by atoms with E-state index in [-0.39, 0.29) is 25.9 Å². The van der Waals surface area contributed by atoms with Gasteiger partial charge in [0, 0.05) is 13.7 Å². The van der Waals surface area contributed by atoms with Crippen molar-refractivity contribution in [3.8, 4) is 0 Å². The molecule has 0 radical (unpaired) electrons. The summed E-state index contributed by atoms with van der Waals surface area (Å²) in [6, 6.07) is 0. The van der Waals surface area contributed by atoms with Gasteiger partial charge in [-0.3, -0.25) is 0 Å². The lowest BCUT2D eigenvalue weighted by molar-refractivity contribution is -0.0526. The van der Waals surface area contributed by atoms with E-state index in [0.29, 0.717) is 65.9 Å². The van der Waals surface area contributed by atoms with Crippen LogP contribution in [0.25, 0.3) is 0 Å². The number of rotatable bonds is 19. The van der Waals surface area contributed by atoms with Crippen molar-refractivity contribution >= 4 is 0 Å². The van der Waals surface area contributed by atoms with E-state index in [1.807, 2.05) is 0 Å². The molecule has 0 aromatic heterocycles. The zero-order valence-electron chi connectivity index (χ0n) is 14.1. The van der Waals surface area contributed by atoms with E-state index in [4.69, 9.17) is 38.6 Å². The number of hydrogen-bond acceptors (Lipinski definition) is 8. The molecule has 2 N–H and O–H groups in total. The fraction of sp³-hybridized carbons (Fsp3) is 1.00. The van der Waals surface area contributed by atoms with E-state index in [9.17, 15) is 0 Å². The first-order valence-corrected chi connectivity index (χ1v) is 7.98. The SMILES string of the molecule is COCCOCC(CCOCCOCCOCCO)OCCO. The summed E-state index contributed by atoms with van der Waals surface area (Å²) in [6.45, 7) is 4.63. The lowest BCUT2D eigenvalue weighted by Crippen LogP contribution is -2.24. The molecule has 0 spiro atoms. The molecule has 140 valence electrons. The molecule has 0 rings (SSSR count). The highest BCUT2D eigenvalue weighted by Gasteiger charge is 2.09. The third-order valence-corrected chi connectivity index (χ3v) is 2.74. The van der Waals surface area contributed by atoms with Crippen LogP contribution in [0.2, 0.25) is 0 Å². The van der Waals surface area contributed by atoms with Gasteiger partial charge in [-0.05, 0) is 6.42 Å². The minimum absolute atomic E-state index is 0.0123. The smallest absolute Gasteiger partial charge is 0.0831 e. The Morgan fingerprint density at radius 3 is 1.83 bits per heavy atom. The van der Waals surface area contributed by atoms with Crippen LogP contribution in [0.1, 0.15) is 6.42 Å². The van der Waals surface area contributed by atoms with Gasteiger partial charge in [0.15, 0.2) is 0 Å². The Kier molecular flexibility index (Phi) is 19.5. The summed E-state index contributed by atoms with van der Waals surface area (Å²) in [7, 11) is 1.62. The van der Waals surface area contributed by atoms with Gasteiger partial charge in [-0.2, -0.15) is 0 Å². The molecule has 0 saturated carbocycles. The van der Waals surface area contributed by atoms with Crippen LogP contribution in [0.15, 0.2) is 0 Å². The van der Waals surface area contributed by atoms with Gasteiger partial charge in [-0.15, -0.1) is 0 Å². The maximum absolute atomic E-state index is 8.81. The van der Waals surface area contributed by atoms with Crippen LogP contribution in [0.4, 0.5) is 0 Å². The Morgan fingerprint density at radius 1 is 0.652 bits per heavy atom. The number of aliphatic hydroxyl groups is 2. The van der Waals surface area contributed by atoms with E-state index < -0.39 is 0 Å². The molecule has 8 nitrogen and oxygen atoms in total. The van der Waals surface area contributed by atoms with Crippen molar-refractivity contribution in [1.82, 2.24) is 0 Å². The number of hydrogen-bond donors (Lipinski definition) is 2. The molecule has 0 amide bonds. The predicted octanol–water partition coefficient (Wildman–Crippen LogP) is -0.541. The fourth-order valence-corrected chi connectivity index (χ4v) is 1.61. The van der Waals surface area contributed by atoms with E-state index >= 15 is 0 Å². The highest BCUT2D eigenvalue weighted by molar-refractivity contribution is 4.57. The highest BCUT2D eigenvalue weighted by Crippen LogP contribution is 2.01. The molecular formula is C15H32O8. The van der Waals surface area contributed by atoms with Crippen LogP contribution in [0.5, 0.6) is 0 Å². The van der Waals surface area contributed by atoms with E-state index in [0.717, 1.165) is 0 Å². The molecule has 0 heterocycles. The van der Waals surface area contributed by atoms with Crippen molar-refractivity contribution in [3.63, 3.8) is 0 Å². The van der Waals surface area contributed by atoms with Gasteiger partial charge in [0.05, 0.1) is 78.8 Å². The molecule has 0 aliphatic heterocycles. The molecule has 0 fully saturated rings. The van der Waals surface area contributed by atoms with Crippen molar-refractivity contribution in [2.24, 2.45) is 0 Å². The van der Waals surface area contributed by atoms with E-state index in [1.54, 1.807) is 7.11 Å². The third-order valence-electron chi connectivity index (χ3n) is 2.74. The van der Waals surface area contributed by atoms with Crippen molar-refractivity contribution in [2.45, 2.75) is 12.5 Å². The van der Waals surface area contributed by atoms with Gasteiger partial charge in [0.1, 0.15) is 0 Å². The Labute approximate surface area is 138 Å². The lowest BCUT2D eigenvalue weighted by atomic mass is 10.3.